The van der Waals surface area contributed by atoms with Crippen molar-refractivity contribution in [2.45, 2.75) is 13.0 Å². The molecule has 0 saturated heterocycles. The fourth-order valence-corrected chi connectivity index (χ4v) is 4.72. The maximum Gasteiger partial charge on any atom is 0.248 e. The summed E-state index contributed by atoms with van der Waals surface area (Å²) in [5.41, 5.74) is 0.961. The average Bonchev–Trinajstić information content (AvgIpc) is 2.73. The summed E-state index contributed by atoms with van der Waals surface area (Å²) >= 11 is 0. The van der Waals surface area contributed by atoms with E-state index in [2.05, 4.69) is 5.32 Å². The van der Waals surface area contributed by atoms with Crippen molar-refractivity contribution in [3.63, 3.8) is 0 Å². The molecule has 0 unspecified atom stereocenters. The van der Waals surface area contributed by atoms with E-state index >= 15 is 0 Å². The highest BCUT2D eigenvalue weighted by atomic mass is 32.2. The summed E-state index contributed by atoms with van der Waals surface area (Å²) in [7, 11) is -3.75. The molecule has 1 heterocycles. The van der Waals surface area contributed by atoms with Crippen LogP contribution >= 0.6 is 0 Å². The molecule has 1 amide bonds. The number of hydrogen-bond donors (Lipinski definition) is 1. The zero-order valence-corrected chi connectivity index (χ0v) is 17.5. The Bertz CT molecular complexity index is 1200. The lowest BCUT2D eigenvalue weighted by Crippen LogP contribution is -2.45. The Morgan fingerprint density at radius 3 is 2.47 bits per heavy atom. The molecular formula is C22H22N2O5S. The molecule has 4 rings (SSSR count). The van der Waals surface area contributed by atoms with Crippen molar-refractivity contribution >= 4 is 38.1 Å². The first-order chi connectivity index (χ1) is 14.3. The van der Waals surface area contributed by atoms with Crippen LogP contribution in [0.2, 0.25) is 0 Å². The summed E-state index contributed by atoms with van der Waals surface area (Å²) in [6, 6.07) is 17.1. The van der Waals surface area contributed by atoms with Crippen LogP contribution in [0.25, 0.3) is 10.8 Å². The van der Waals surface area contributed by atoms with Crippen LogP contribution in [0.4, 0.5) is 11.4 Å². The third kappa shape index (κ3) is 3.91. The lowest BCUT2D eigenvalue weighted by molar-refractivity contribution is -0.116. The molecule has 1 N–H and O–H groups in total. The average molecular weight is 426 g/mol. The Balaban J connectivity index is 1.65. The van der Waals surface area contributed by atoms with Crippen LogP contribution in [0.3, 0.4) is 0 Å². The van der Waals surface area contributed by atoms with Gasteiger partial charge in [0.1, 0.15) is 19.3 Å². The molecular weight excluding hydrogens is 404 g/mol. The number of anilines is 2. The predicted octanol–water partition coefficient (Wildman–Crippen LogP) is 3.40. The molecule has 0 aromatic heterocycles. The Morgan fingerprint density at radius 1 is 1.00 bits per heavy atom. The summed E-state index contributed by atoms with van der Waals surface area (Å²) < 4.78 is 37.3. The molecule has 0 fully saturated rings. The summed E-state index contributed by atoms with van der Waals surface area (Å²) in [4.78, 5) is 13.0. The van der Waals surface area contributed by atoms with E-state index < -0.39 is 22.0 Å². The lowest BCUT2D eigenvalue weighted by atomic mass is 10.1. The third-order valence-corrected chi connectivity index (χ3v) is 6.16. The molecule has 3 aromatic carbocycles. The van der Waals surface area contributed by atoms with Crippen molar-refractivity contribution in [1.82, 2.24) is 0 Å². The molecule has 156 valence electrons. The summed E-state index contributed by atoms with van der Waals surface area (Å²) in [6.07, 6.45) is 1.07. The standard InChI is InChI=1S/C22H22N2O5S/c1-15(22(25)23-19-9-5-7-16-6-3-4-8-18(16)19)24(30(2,26)27)17-10-11-20-21(14-17)29-13-12-28-20/h3-11,14-15H,12-13H2,1-2H3,(H,23,25)/t15-/m0/s1. The van der Waals surface area contributed by atoms with Crippen molar-refractivity contribution in [2.75, 3.05) is 29.1 Å². The number of hydrogen-bond acceptors (Lipinski definition) is 5. The smallest absolute Gasteiger partial charge is 0.248 e. The van der Waals surface area contributed by atoms with Crippen LogP contribution in [0.5, 0.6) is 11.5 Å². The van der Waals surface area contributed by atoms with Crippen LogP contribution in [-0.4, -0.2) is 39.8 Å². The van der Waals surface area contributed by atoms with Gasteiger partial charge in [-0.05, 0) is 30.5 Å². The van der Waals surface area contributed by atoms with E-state index in [4.69, 9.17) is 9.47 Å². The van der Waals surface area contributed by atoms with Gasteiger partial charge in [-0.25, -0.2) is 8.42 Å². The molecule has 0 saturated carbocycles. The molecule has 0 spiro atoms. The molecule has 0 radical (unpaired) electrons. The number of nitrogens with zero attached hydrogens (tertiary/aromatic N) is 1. The van der Waals surface area contributed by atoms with Crippen molar-refractivity contribution in [2.24, 2.45) is 0 Å². The highest BCUT2D eigenvalue weighted by molar-refractivity contribution is 7.92. The van der Waals surface area contributed by atoms with Gasteiger partial charge in [0.2, 0.25) is 15.9 Å². The second-order valence-electron chi connectivity index (χ2n) is 7.08. The Hall–Kier alpha value is -3.26. The number of benzene rings is 3. The summed E-state index contributed by atoms with van der Waals surface area (Å²) in [5, 5.41) is 4.73. The molecule has 1 aliphatic rings. The Labute approximate surface area is 175 Å². The first kappa shape index (κ1) is 20.0. The van der Waals surface area contributed by atoms with E-state index in [-0.39, 0.29) is 0 Å². The zero-order valence-electron chi connectivity index (χ0n) is 16.7. The normalized spacial score (nSPS) is 14.2. The number of amides is 1. The van der Waals surface area contributed by atoms with E-state index in [0.29, 0.717) is 36.1 Å². The van der Waals surface area contributed by atoms with E-state index in [1.54, 1.807) is 31.2 Å². The minimum atomic E-state index is -3.75. The van der Waals surface area contributed by atoms with Crippen LogP contribution in [0.1, 0.15) is 6.92 Å². The molecule has 0 aliphatic carbocycles. The van der Waals surface area contributed by atoms with Crippen molar-refractivity contribution in [3.05, 3.63) is 60.7 Å². The van der Waals surface area contributed by atoms with Crippen molar-refractivity contribution in [1.29, 1.82) is 0 Å². The molecule has 1 aliphatic heterocycles. The largest absolute Gasteiger partial charge is 0.486 e. The second-order valence-corrected chi connectivity index (χ2v) is 8.94. The van der Waals surface area contributed by atoms with Gasteiger partial charge in [0, 0.05) is 17.1 Å². The van der Waals surface area contributed by atoms with Gasteiger partial charge in [-0.1, -0.05) is 36.4 Å². The number of carbonyl (C=O) groups excluding carboxylic acids is 1. The Kier molecular flexibility index (Phi) is 5.26. The van der Waals surface area contributed by atoms with Crippen LogP contribution < -0.4 is 19.1 Å². The van der Waals surface area contributed by atoms with E-state index in [9.17, 15) is 13.2 Å². The van der Waals surface area contributed by atoms with Crippen LogP contribution in [0, 0.1) is 0 Å². The van der Waals surface area contributed by atoms with Gasteiger partial charge in [0.05, 0.1) is 11.9 Å². The first-order valence-corrected chi connectivity index (χ1v) is 11.4. The van der Waals surface area contributed by atoms with Crippen molar-refractivity contribution in [3.8, 4) is 11.5 Å². The third-order valence-electron chi connectivity index (χ3n) is 4.92. The van der Waals surface area contributed by atoms with Gasteiger partial charge in [-0.2, -0.15) is 0 Å². The number of fused-ring (bicyclic) bond motifs is 2. The number of ether oxygens (including phenoxy) is 2. The predicted molar refractivity (Wildman–Crippen MR) is 117 cm³/mol. The highest BCUT2D eigenvalue weighted by Crippen LogP contribution is 2.35. The maximum atomic E-state index is 13.0. The van der Waals surface area contributed by atoms with E-state index in [1.807, 2.05) is 36.4 Å². The van der Waals surface area contributed by atoms with Crippen LogP contribution in [-0.2, 0) is 14.8 Å². The van der Waals surface area contributed by atoms with Gasteiger partial charge in [0.15, 0.2) is 11.5 Å². The lowest BCUT2D eigenvalue weighted by Gasteiger charge is -2.29. The molecule has 7 nitrogen and oxygen atoms in total. The van der Waals surface area contributed by atoms with Gasteiger partial charge in [0.25, 0.3) is 0 Å². The van der Waals surface area contributed by atoms with Gasteiger partial charge in [-0.15, -0.1) is 0 Å². The van der Waals surface area contributed by atoms with Gasteiger partial charge < -0.3 is 14.8 Å². The number of carbonyl (C=O) groups is 1. The molecule has 30 heavy (non-hydrogen) atoms. The van der Waals surface area contributed by atoms with E-state index in [0.717, 1.165) is 21.3 Å². The Morgan fingerprint density at radius 2 is 1.70 bits per heavy atom. The molecule has 1 atom stereocenters. The minimum absolute atomic E-state index is 0.335. The summed E-state index contributed by atoms with van der Waals surface area (Å²) in [6.45, 7) is 2.37. The fraction of sp³-hybridized carbons (Fsp3) is 0.227. The number of nitrogens with one attached hydrogen (secondary N) is 1. The maximum absolute atomic E-state index is 13.0. The number of sulfonamides is 1. The number of rotatable bonds is 5. The molecule has 0 bridgehead atoms. The highest BCUT2D eigenvalue weighted by Gasteiger charge is 2.30. The topological polar surface area (TPSA) is 84.9 Å². The zero-order chi connectivity index (χ0) is 21.3. The van der Waals surface area contributed by atoms with Crippen LogP contribution in [0.15, 0.2) is 60.7 Å². The molecule has 8 heteroatoms. The summed E-state index contributed by atoms with van der Waals surface area (Å²) in [5.74, 6) is 0.562. The van der Waals surface area contributed by atoms with E-state index in [1.165, 1.54) is 0 Å². The quantitative estimate of drug-likeness (QED) is 0.676. The fourth-order valence-electron chi connectivity index (χ4n) is 3.55. The first-order valence-electron chi connectivity index (χ1n) is 9.52. The SMILES string of the molecule is C[C@@H](C(=O)Nc1cccc2ccccc12)N(c1ccc2c(c1)OCCO2)S(C)(=O)=O. The van der Waals surface area contributed by atoms with Gasteiger partial charge >= 0.3 is 0 Å². The van der Waals surface area contributed by atoms with Crippen molar-refractivity contribution < 1.29 is 22.7 Å². The van der Waals surface area contributed by atoms with Gasteiger partial charge in [-0.3, -0.25) is 9.10 Å². The second kappa shape index (κ2) is 7.87. The minimum Gasteiger partial charge on any atom is -0.486 e. The monoisotopic (exact) mass is 426 g/mol. The molecule has 3 aromatic rings.